The summed E-state index contributed by atoms with van der Waals surface area (Å²) in [6, 6.07) is 5.15. The molecule has 3 rings (SSSR count). The molecule has 0 bridgehead atoms. The maximum absolute atomic E-state index is 13.6. The molecule has 1 saturated heterocycles. The lowest BCUT2D eigenvalue weighted by atomic mass is 10.3. The van der Waals surface area contributed by atoms with Gasteiger partial charge >= 0.3 is 0 Å². The van der Waals surface area contributed by atoms with Crippen LogP contribution in [-0.4, -0.2) is 53.9 Å². The summed E-state index contributed by atoms with van der Waals surface area (Å²) in [5, 5.41) is 8.14. The van der Waals surface area contributed by atoms with Crippen LogP contribution >= 0.6 is 0 Å². The van der Waals surface area contributed by atoms with Crippen molar-refractivity contribution in [3.8, 4) is 0 Å². The van der Waals surface area contributed by atoms with E-state index in [4.69, 9.17) is 0 Å². The third-order valence-corrected chi connectivity index (χ3v) is 5.53. The second kappa shape index (κ2) is 7.28. The number of hydrogen-bond acceptors (Lipinski definition) is 5. The minimum atomic E-state index is -3.98. The molecule has 10 heteroatoms. The number of nitrogens with one attached hydrogen (secondary N) is 1. The number of halogens is 1. The number of sulfonamides is 1. The maximum atomic E-state index is 13.6. The van der Waals surface area contributed by atoms with Gasteiger partial charge in [-0.15, -0.1) is 0 Å². The fraction of sp³-hybridized carbons (Fsp3) is 0.400. The zero-order valence-electron chi connectivity index (χ0n) is 13.4. The highest BCUT2D eigenvalue weighted by molar-refractivity contribution is 7.89. The molecule has 1 amide bonds. The summed E-state index contributed by atoms with van der Waals surface area (Å²) in [4.78, 5) is 15.0. The van der Waals surface area contributed by atoms with Gasteiger partial charge in [0.15, 0.2) is 0 Å². The second-order valence-electron chi connectivity index (χ2n) is 5.71. The topological polar surface area (TPSA) is 97.2 Å². The van der Waals surface area contributed by atoms with Crippen LogP contribution in [0.4, 0.5) is 4.39 Å². The maximum Gasteiger partial charge on any atom is 0.243 e. The van der Waals surface area contributed by atoms with E-state index in [9.17, 15) is 17.6 Å². The smallest absolute Gasteiger partial charge is 0.243 e. The molecule has 2 heterocycles. The van der Waals surface area contributed by atoms with Crippen molar-refractivity contribution >= 4 is 15.9 Å². The van der Waals surface area contributed by atoms with Gasteiger partial charge in [0.2, 0.25) is 15.9 Å². The first-order valence-electron chi connectivity index (χ1n) is 7.85. The Labute approximate surface area is 144 Å². The largest absolute Gasteiger partial charge is 0.340 e. The van der Waals surface area contributed by atoms with Crippen LogP contribution in [0.25, 0.3) is 0 Å². The summed E-state index contributed by atoms with van der Waals surface area (Å²) < 4.78 is 40.0. The van der Waals surface area contributed by atoms with Crippen molar-refractivity contribution in [3.05, 3.63) is 42.5 Å². The Balaban J connectivity index is 1.51. The van der Waals surface area contributed by atoms with Gasteiger partial charge in [0, 0.05) is 26.1 Å². The van der Waals surface area contributed by atoms with E-state index in [0.717, 1.165) is 12.5 Å². The van der Waals surface area contributed by atoms with Gasteiger partial charge in [-0.1, -0.05) is 12.1 Å². The molecule has 1 unspecified atom stereocenters. The number of likely N-dealkylation sites (tertiary alicyclic amines) is 1. The van der Waals surface area contributed by atoms with Gasteiger partial charge in [-0.25, -0.2) is 17.5 Å². The molecule has 25 heavy (non-hydrogen) atoms. The standard InChI is InChI=1S/C15H18FN5O3S/c16-13-3-1-2-4-14(13)25(23,24)19-7-5-15(22)20-10-6-12(11-20)21-17-8-9-18-21/h1-4,8-9,12,19H,5-7,10-11H2. The van der Waals surface area contributed by atoms with E-state index in [1.165, 1.54) is 18.2 Å². The lowest BCUT2D eigenvalue weighted by Gasteiger charge is -2.16. The van der Waals surface area contributed by atoms with E-state index in [2.05, 4.69) is 14.9 Å². The van der Waals surface area contributed by atoms with Gasteiger partial charge in [0.1, 0.15) is 10.7 Å². The SMILES string of the molecule is O=C(CCNS(=O)(=O)c1ccccc1F)N1CCC(n2nccn2)C1. The predicted molar refractivity (Wildman–Crippen MR) is 86.5 cm³/mol. The molecule has 1 aromatic heterocycles. The Morgan fingerprint density at radius 1 is 1.28 bits per heavy atom. The van der Waals surface area contributed by atoms with Crippen LogP contribution in [0.15, 0.2) is 41.6 Å². The van der Waals surface area contributed by atoms with Crippen LogP contribution < -0.4 is 4.72 Å². The zero-order valence-corrected chi connectivity index (χ0v) is 14.2. The first kappa shape index (κ1) is 17.5. The Bertz CT molecular complexity index is 841. The minimum absolute atomic E-state index is 0.00688. The van der Waals surface area contributed by atoms with Crippen LogP contribution in [0, 0.1) is 5.82 Å². The van der Waals surface area contributed by atoms with Crippen molar-refractivity contribution in [1.29, 1.82) is 0 Å². The summed E-state index contributed by atoms with van der Waals surface area (Å²) in [5.41, 5.74) is 0. The van der Waals surface area contributed by atoms with E-state index >= 15 is 0 Å². The predicted octanol–water partition coefficient (Wildman–Crippen LogP) is 0.559. The third kappa shape index (κ3) is 4.02. The molecule has 2 aromatic rings. The lowest BCUT2D eigenvalue weighted by Crippen LogP contribution is -2.33. The van der Waals surface area contributed by atoms with Crippen molar-refractivity contribution in [3.63, 3.8) is 0 Å². The average molecular weight is 367 g/mol. The Hall–Kier alpha value is -2.33. The van der Waals surface area contributed by atoms with Crippen LogP contribution in [-0.2, 0) is 14.8 Å². The molecule has 1 fully saturated rings. The highest BCUT2D eigenvalue weighted by atomic mass is 32.2. The molecule has 8 nitrogen and oxygen atoms in total. The Kier molecular flexibility index (Phi) is 5.09. The number of amides is 1. The molecule has 0 saturated carbocycles. The van der Waals surface area contributed by atoms with Gasteiger partial charge in [0.25, 0.3) is 0 Å². The summed E-state index contributed by atoms with van der Waals surface area (Å²) in [6.45, 7) is 0.982. The summed E-state index contributed by atoms with van der Waals surface area (Å²) in [7, 11) is -3.98. The van der Waals surface area contributed by atoms with Crippen molar-refractivity contribution < 1.29 is 17.6 Å². The summed E-state index contributed by atoms with van der Waals surface area (Å²) >= 11 is 0. The second-order valence-corrected chi connectivity index (χ2v) is 7.45. The number of benzene rings is 1. The number of carbonyl (C=O) groups is 1. The Morgan fingerprint density at radius 3 is 2.72 bits per heavy atom. The number of carbonyl (C=O) groups excluding carboxylic acids is 1. The van der Waals surface area contributed by atoms with Crippen molar-refractivity contribution in [2.75, 3.05) is 19.6 Å². The first-order chi connectivity index (χ1) is 12.0. The molecule has 0 radical (unpaired) electrons. The normalized spacial score (nSPS) is 17.8. The highest BCUT2D eigenvalue weighted by Gasteiger charge is 2.28. The molecular formula is C15H18FN5O3S. The Morgan fingerprint density at radius 2 is 2.00 bits per heavy atom. The summed E-state index contributed by atoms with van der Waals surface area (Å²) in [6.07, 6.45) is 3.93. The van der Waals surface area contributed by atoms with Gasteiger partial charge in [-0.2, -0.15) is 15.0 Å². The highest BCUT2D eigenvalue weighted by Crippen LogP contribution is 2.20. The average Bonchev–Trinajstić information content (AvgIpc) is 3.26. The molecule has 1 aromatic carbocycles. The van der Waals surface area contributed by atoms with E-state index in [1.807, 2.05) is 0 Å². The quantitative estimate of drug-likeness (QED) is 0.805. The van der Waals surface area contributed by atoms with E-state index in [1.54, 1.807) is 22.1 Å². The molecule has 0 aliphatic carbocycles. The third-order valence-electron chi connectivity index (χ3n) is 4.04. The van der Waals surface area contributed by atoms with E-state index in [-0.39, 0.29) is 24.9 Å². The fourth-order valence-electron chi connectivity index (χ4n) is 2.76. The van der Waals surface area contributed by atoms with Gasteiger partial charge in [-0.3, -0.25) is 4.79 Å². The number of hydrogen-bond donors (Lipinski definition) is 1. The molecule has 1 aliphatic heterocycles. The first-order valence-corrected chi connectivity index (χ1v) is 9.33. The molecule has 134 valence electrons. The molecule has 1 atom stereocenters. The summed E-state index contributed by atoms with van der Waals surface area (Å²) in [5.74, 6) is -0.985. The van der Waals surface area contributed by atoms with E-state index < -0.39 is 20.7 Å². The van der Waals surface area contributed by atoms with Gasteiger partial charge in [-0.05, 0) is 18.6 Å². The molecular weight excluding hydrogens is 349 g/mol. The van der Waals surface area contributed by atoms with Crippen LogP contribution in [0.2, 0.25) is 0 Å². The molecule has 1 aliphatic rings. The van der Waals surface area contributed by atoms with Crippen LogP contribution in [0.5, 0.6) is 0 Å². The van der Waals surface area contributed by atoms with Gasteiger partial charge in [0.05, 0.1) is 18.4 Å². The molecule has 0 spiro atoms. The van der Waals surface area contributed by atoms with Gasteiger partial charge < -0.3 is 4.90 Å². The molecule has 1 N–H and O–H groups in total. The zero-order chi connectivity index (χ0) is 17.9. The number of rotatable bonds is 6. The minimum Gasteiger partial charge on any atom is -0.340 e. The number of aromatic nitrogens is 3. The van der Waals surface area contributed by atoms with Crippen LogP contribution in [0.1, 0.15) is 18.9 Å². The number of nitrogens with zero attached hydrogens (tertiary/aromatic N) is 4. The van der Waals surface area contributed by atoms with Crippen LogP contribution in [0.3, 0.4) is 0 Å². The lowest BCUT2D eigenvalue weighted by molar-refractivity contribution is -0.130. The van der Waals surface area contributed by atoms with Crippen molar-refractivity contribution in [1.82, 2.24) is 24.6 Å². The monoisotopic (exact) mass is 367 g/mol. The van der Waals surface area contributed by atoms with Crippen molar-refractivity contribution in [2.24, 2.45) is 0 Å². The van der Waals surface area contributed by atoms with Crippen molar-refractivity contribution in [2.45, 2.75) is 23.8 Å². The fourth-order valence-corrected chi connectivity index (χ4v) is 3.87. The van der Waals surface area contributed by atoms with E-state index in [0.29, 0.717) is 13.1 Å².